The minimum atomic E-state index is -2.73. The van der Waals surface area contributed by atoms with Gasteiger partial charge in [-0.05, 0) is 65.7 Å². The molecule has 0 spiro atoms. The zero-order valence-corrected chi connectivity index (χ0v) is 28.9. The number of carbonyl (C=O) groups excluding carboxylic acids is 4. The molecule has 0 bridgehead atoms. The number of carboxylic acid groups (broad SMARTS) is 2. The number of rotatable bonds is 28. The van der Waals surface area contributed by atoms with E-state index >= 15 is 0 Å². The summed E-state index contributed by atoms with van der Waals surface area (Å²) in [6, 6.07) is 0. The van der Waals surface area contributed by atoms with Crippen LogP contribution in [0.3, 0.4) is 0 Å². The van der Waals surface area contributed by atoms with Crippen LogP contribution in [0.4, 0.5) is 0 Å². The maximum Gasteiger partial charge on any atom is 0.306 e. The van der Waals surface area contributed by atoms with Gasteiger partial charge in [0, 0.05) is 18.6 Å². The molecule has 0 saturated heterocycles. The van der Waals surface area contributed by atoms with E-state index in [2.05, 4.69) is 15.4 Å². The summed E-state index contributed by atoms with van der Waals surface area (Å²) in [6.45, 7) is 11.6. The van der Waals surface area contributed by atoms with E-state index in [4.69, 9.17) is 24.4 Å². The molecule has 0 aliphatic carbocycles. The van der Waals surface area contributed by atoms with Gasteiger partial charge in [-0.2, -0.15) is 0 Å². The Morgan fingerprint density at radius 1 is 0.667 bits per heavy atom. The Kier molecular flexibility index (Phi) is 26.3. The van der Waals surface area contributed by atoms with Crippen LogP contribution in [0.5, 0.6) is 0 Å². The van der Waals surface area contributed by atoms with Gasteiger partial charge in [-0.3, -0.25) is 39.4 Å². The summed E-state index contributed by atoms with van der Waals surface area (Å²) >= 11 is 0. The largest absolute Gasteiger partial charge is 0.481 e. The molecule has 17 heteroatoms. The third kappa shape index (κ3) is 25.3. The van der Waals surface area contributed by atoms with Gasteiger partial charge < -0.3 is 33.7 Å². The smallest absolute Gasteiger partial charge is 0.306 e. The van der Waals surface area contributed by atoms with Crippen LogP contribution >= 0.6 is 15.1 Å². The zero-order chi connectivity index (χ0) is 34.8. The molecule has 0 aromatic rings. The summed E-state index contributed by atoms with van der Waals surface area (Å²) < 4.78 is 32.1. The van der Waals surface area contributed by atoms with Gasteiger partial charge in [0.25, 0.3) is 25.9 Å². The molecular formula is C28H52N2O13P2. The molecule has 15 nitrogen and oxygen atoms in total. The van der Waals surface area contributed by atoms with Gasteiger partial charge in [-0.1, -0.05) is 21.8 Å². The van der Waals surface area contributed by atoms with Crippen molar-refractivity contribution in [1.82, 2.24) is 10.6 Å². The van der Waals surface area contributed by atoms with Crippen LogP contribution < -0.4 is 10.6 Å². The first-order chi connectivity index (χ1) is 21.1. The lowest BCUT2D eigenvalue weighted by atomic mass is 10.1. The second-order valence-electron chi connectivity index (χ2n) is 10.8. The molecule has 0 rings (SSSR count). The van der Waals surface area contributed by atoms with Gasteiger partial charge in [0.15, 0.2) is 6.23 Å². The molecular weight excluding hydrogens is 634 g/mol. The maximum atomic E-state index is 13.0. The van der Waals surface area contributed by atoms with Crippen LogP contribution in [0, 0.1) is 11.8 Å². The summed E-state index contributed by atoms with van der Waals surface area (Å²) in [4.78, 5) is 62.9. The Morgan fingerprint density at radius 2 is 1.09 bits per heavy atom. The maximum absolute atomic E-state index is 13.0. The van der Waals surface area contributed by atoms with Gasteiger partial charge in [0.1, 0.15) is 13.4 Å². The number of hydrogen-bond donors (Lipinski definition) is 4. The third-order valence-corrected chi connectivity index (χ3v) is 12.2. The average Bonchev–Trinajstić information content (AvgIpc) is 2.98. The minimum Gasteiger partial charge on any atom is -0.481 e. The highest BCUT2D eigenvalue weighted by molar-refractivity contribution is 7.63. The van der Waals surface area contributed by atoms with E-state index in [-0.39, 0.29) is 36.8 Å². The Bertz CT molecular complexity index is 868. The van der Waals surface area contributed by atoms with Crippen LogP contribution in [-0.2, 0) is 52.3 Å². The van der Waals surface area contributed by atoms with Crippen molar-refractivity contribution < 1.29 is 62.5 Å². The molecule has 0 fully saturated rings. The molecule has 0 amide bonds. The highest BCUT2D eigenvalue weighted by Gasteiger charge is 2.26. The van der Waals surface area contributed by atoms with Crippen LogP contribution in [0.15, 0.2) is 0 Å². The van der Waals surface area contributed by atoms with Gasteiger partial charge in [-0.15, -0.1) is 0 Å². The van der Waals surface area contributed by atoms with E-state index in [1.54, 1.807) is 34.6 Å². The lowest BCUT2D eigenvalue weighted by molar-refractivity contribution is -0.142. The highest BCUT2D eigenvalue weighted by atomic mass is 31.2. The van der Waals surface area contributed by atoms with Crippen molar-refractivity contribution in [3.05, 3.63) is 0 Å². The standard InChI is InChI=1S/C14H26NO7P.C14H26NO6P/c1-11(14(18)19)4-6-23(20,7-5-12(2)21-9-16)8-15-13(3)22-10-17;1-11(14(18)19)4-6-22(7-5-12(2)20-9-16)8-15-13(3)21-10-17/h9-13,15H,4-8H2,1-3H3,(H,18,19);9-13,15H,4-8H2,1-3H3,(H,18,19). The number of aliphatic carboxylic acids is 2. The molecule has 0 aliphatic heterocycles. The summed E-state index contributed by atoms with van der Waals surface area (Å²) in [6.07, 6.45) is 3.62. The second-order valence-corrected chi connectivity index (χ2v) is 16.7. The third-order valence-electron chi connectivity index (χ3n) is 6.85. The van der Waals surface area contributed by atoms with Gasteiger partial charge in [0.2, 0.25) is 0 Å². The van der Waals surface area contributed by atoms with Crippen molar-refractivity contribution in [2.75, 3.05) is 37.2 Å². The van der Waals surface area contributed by atoms with Crippen LogP contribution in [0.25, 0.3) is 0 Å². The summed E-state index contributed by atoms with van der Waals surface area (Å²) in [7, 11) is -3.21. The van der Waals surface area contributed by atoms with Crippen molar-refractivity contribution in [2.45, 2.75) is 91.9 Å². The SMILES string of the molecule is CC(CCP(=O)(CCC(C)C(=O)O)CNC(C)OC=O)OC=O.CC(CCP(CCC(C)C(=O)O)CNC(C)OC=O)OC=O. The molecule has 262 valence electrons. The minimum absolute atomic E-state index is 0.127. The lowest BCUT2D eigenvalue weighted by Gasteiger charge is -2.23. The first kappa shape index (κ1) is 44.5. The fourth-order valence-electron chi connectivity index (χ4n) is 3.51. The molecule has 0 heterocycles. The average molecular weight is 687 g/mol. The van der Waals surface area contributed by atoms with Crippen molar-refractivity contribution in [1.29, 1.82) is 0 Å². The number of carbonyl (C=O) groups is 6. The van der Waals surface area contributed by atoms with Crippen molar-refractivity contribution in [3.8, 4) is 0 Å². The summed E-state index contributed by atoms with van der Waals surface area (Å²) in [5.74, 6) is -2.69. The zero-order valence-electron chi connectivity index (χ0n) is 27.1. The van der Waals surface area contributed by atoms with E-state index in [0.717, 1.165) is 18.7 Å². The Balaban J connectivity index is 0. The fraction of sp³-hybridized carbons (Fsp3) is 0.786. The molecule has 0 radical (unpaired) electrons. The molecule has 0 aromatic heterocycles. The molecule has 4 N–H and O–H groups in total. The molecule has 8 unspecified atom stereocenters. The molecule has 0 aliphatic rings. The van der Waals surface area contributed by atoms with Crippen molar-refractivity contribution in [3.63, 3.8) is 0 Å². The number of hydrogen-bond acceptors (Lipinski definition) is 13. The van der Waals surface area contributed by atoms with Crippen LogP contribution in [0.2, 0.25) is 0 Å². The van der Waals surface area contributed by atoms with Gasteiger partial charge in [0.05, 0.1) is 30.3 Å². The first-order valence-corrected chi connectivity index (χ1v) is 18.9. The summed E-state index contributed by atoms with van der Waals surface area (Å²) in [5, 5.41) is 23.8. The normalized spacial score (nSPS) is 16.8. The highest BCUT2D eigenvalue weighted by Crippen LogP contribution is 2.47. The topological polar surface area (TPSA) is 221 Å². The number of nitrogens with one attached hydrogen (secondary N) is 2. The molecule has 0 saturated carbocycles. The Labute approximate surface area is 266 Å². The number of carboxylic acids is 2. The lowest BCUT2D eigenvalue weighted by Crippen LogP contribution is -2.30. The second kappa shape index (κ2) is 26.6. The predicted octanol–water partition coefficient (Wildman–Crippen LogP) is 3.07. The van der Waals surface area contributed by atoms with E-state index in [1.807, 2.05) is 6.92 Å². The fourth-order valence-corrected chi connectivity index (χ4v) is 8.87. The first-order valence-electron chi connectivity index (χ1n) is 14.7. The van der Waals surface area contributed by atoms with Gasteiger partial charge >= 0.3 is 11.9 Å². The van der Waals surface area contributed by atoms with E-state index in [1.165, 1.54) is 0 Å². The van der Waals surface area contributed by atoms with Crippen molar-refractivity contribution in [2.24, 2.45) is 11.8 Å². The number of ether oxygens (including phenoxy) is 4. The van der Waals surface area contributed by atoms with Gasteiger partial charge in [-0.25, -0.2) is 0 Å². The van der Waals surface area contributed by atoms with Crippen LogP contribution in [0.1, 0.15) is 67.2 Å². The Morgan fingerprint density at radius 3 is 1.58 bits per heavy atom. The quantitative estimate of drug-likeness (QED) is 0.0402. The van der Waals surface area contributed by atoms with Crippen LogP contribution in [-0.4, -0.2) is 110 Å². The van der Waals surface area contributed by atoms with Crippen molar-refractivity contribution >= 4 is 52.9 Å². The molecule has 45 heavy (non-hydrogen) atoms. The van der Waals surface area contributed by atoms with E-state index in [9.17, 15) is 33.3 Å². The molecule has 8 atom stereocenters. The van der Waals surface area contributed by atoms with E-state index in [0.29, 0.717) is 57.6 Å². The predicted molar refractivity (Wildman–Crippen MR) is 169 cm³/mol. The van der Waals surface area contributed by atoms with E-state index < -0.39 is 39.1 Å². The summed E-state index contributed by atoms with van der Waals surface area (Å²) in [5.41, 5.74) is 0. The monoisotopic (exact) mass is 686 g/mol. The Hall–Kier alpha value is -2.60. The molecule has 0 aromatic carbocycles.